The smallest absolute Gasteiger partial charge is 0.318 e. The van der Waals surface area contributed by atoms with Crippen LogP contribution in [0.4, 0.5) is 4.79 Å². The maximum Gasteiger partial charge on any atom is 0.318 e. The number of nitrogens with zero attached hydrogens (tertiary/aromatic N) is 5. The Morgan fingerprint density at radius 2 is 1.96 bits per heavy atom. The number of carbonyl (C=O) groups excluding carboxylic acids is 1. The number of amides is 2. The van der Waals surface area contributed by atoms with E-state index in [9.17, 15) is 4.79 Å². The van der Waals surface area contributed by atoms with Crippen molar-refractivity contribution in [2.45, 2.75) is 26.4 Å². The lowest BCUT2D eigenvalue weighted by atomic mass is 10.3. The van der Waals surface area contributed by atoms with Gasteiger partial charge in [0.25, 0.3) is 0 Å². The van der Waals surface area contributed by atoms with E-state index in [4.69, 9.17) is 4.74 Å². The van der Waals surface area contributed by atoms with E-state index in [1.807, 2.05) is 53.6 Å². The van der Waals surface area contributed by atoms with Gasteiger partial charge in [0.2, 0.25) is 0 Å². The first-order valence-electron chi connectivity index (χ1n) is 9.50. The molecule has 0 unspecified atom stereocenters. The van der Waals surface area contributed by atoms with E-state index in [-0.39, 0.29) is 12.1 Å². The topological polar surface area (TPSA) is 75.5 Å². The number of hydrogen-bond acceptors (Lipinski definition) is 5. The van der Waals surface area contributed by atoms with Crippen LogP contribution in [-0.4, -0.2) is 69.9 Å². The fourth-order valence-electron chi connectivity index (χ4n) is 3.17. The first kappa shape index (κ1) is 19.2. The lowest BCUT2D eigenvalue weighted by molar-refractivity contribution is 0.124. The minimum atomic E-state index is -0.169. The largest absolute Gasteiger partial charge is 0.492 e. The van der Waals surface area contributed by atoms with Crippen LogP contribution in [0.5, 0.6) is 5.75 Å². The van der Waals surface area contributed by atoms with Gasteiger partial charge in [0, 0.05) is 39.3 Å². The highest BCUT2D eigenvalue weighted by molar-refractivity contribution is 5.74. The number of urea groups is 1. The molecular formula is C19H28N6O2. The molecule has 8 nitrogen and oxygen atoms in total. The molecule has 1 aliphatic rings. The van der Waals surface area contributed by atoms with Crippen molar-refractivity contribution in [1.82, 2.24) is 29.9 Å². The lowest BCUT2D eigenvalue weighted by Gasteiger charge is -2.35. The Bertz CT molecular complexity index is 712. The molecule has 0 aliphatic carbocycles. The normalized spacial score (nSPS) is 16.1. The first-order valence-corrected chi connectivity index (χ1v) is 9.50. The molecule has 1 fully saturated rings. The van der Waals surface area contributed by atoms with Crippen LogP contribution in [0.1, 0.15) is 25.7 Å². The van der Waals surface area contributed by atoms with E-state index in [0.717, 1.165) is 37.8 Å². The highest BCUT2D eigenvalue weighted by Crippen LogP contribution is 2.11. The van der Waals surface area contributed by atoms with Gasteiger partial charge < -0.3 is 19.5 Å². The monoisotopic (exact) mass is 372 g/mol. The number of benzene rings is 1. The molecule has 2 amide bonds. The SMILES string of the molecule is CCn1cnnc1[C@@H](C)NC(=O)N1CCN(CCOc2ccccc2)CC1. The molecule has 0 spiro atoms. The van der Waals surface area contributed by atoms with Crippen LogP contribution in [0, 0.1) is 0 Å². The molecule has 27 heavy (non-hydrogen) atoms. The zero-order chi connectivity index (χ0) is 19.1. The van der Waals surface area contributed by atoms with Crippen molar-refractivity contribution in [3.63, 3.8) is 0 Å². The predicted molar refractivity (Wildman–Crippen MR) is 103 cm³/mol. The molecule has 1 aliphatic heterocycles. The molecule has 0 bridgehead atoms. The summed E-state index contributed by atoms with van der Waals surface area (Å²) in [6, 6.07) is 9.62. The molecule has 3 rings (SSSR count). The number of nitrogens with one attached hydrogen (secondary N) is 1. The second-order valence-electron chi connectivity index (χ2n) is 6.64. The third-order valence-electron chi connectivity index (χ3n) is 4.79. The molecule has 1 atom stereocenters. The highest BCUT2D eigenvalue weighted by atomic mass is 16.5. The molecule has 2 aromatic rings. The van der Waals surface area contributed by atoms with Gasteiger partial charge >= 0.3 is 6.03 Å². The van der Waals surface area contributed by atoms with Crippen molar-refractivity contribution in [3.8, 4) is 5.75 Å². The number of aromatic nitrogens is 3. The summed E-state index contributed by atoms with van der Waals surface area (Å²) in [5.74, 6) is 1.67. The average Bonchev–Trinajstić information content (AvgIpc) is 3.18. The van der Waals surface area contributed by atoms with Crippen molar-refractivity contribution < 1.29 is 9.53 Å². The molecule has 1 N–H and O–H groups in total. The number of piperazine rings is 1. The molecule has 8 heteroatoms. The fraction of sp³-hybridized carbons (Fsp3) is 0.526. The zero-order valence-electron chi connectivity index (χ0n) is 16.0. The van der Waals surface area contributed by atoms with E-state index in [0.29, 0.717) is 19.7 Å². The second-order valence-corrected chi connectivity index (χ2v) is 6.64. The summed E-state index contributed by atoms with van der Waals surface area (Å²) in [7, 11) is 0. The van der Waals surface area contributed by atoms with Gasteiger partial charge in [0.1, 0.15) is 18.7 Å². The van der Waals surface area contributed by atoms with Crippen molar-refractivity contribution in [2.24, 2.45) is 0 Å². The van der Waals surface area contributed by atoms with Gasteiger partial charge in [0.15, 0.2) is 5.82 Å². The van der Waals surface area contributed by atoms with Crippen LogP contribution in [0.25, 0.3) is 0 Å². The summed E-state index contributed by atoms with van der Waals surface area (Å²) in [6.07, 6.45) is 1.69. The van der Waals surface area contributed by atoms with Crippen LogP contribution in [-0.2, 0) is 6.54 Å². The average molecular weight is 372 g/mol. The van der Waals surface area contributed by atoms with Crippen LogP contribution in [0.3, 0.4) is 0 Å². The molecule has 0 saturated carbocycles. The van der Waals surface area contributed by atoms with E-state index in [1.54, 1.807) is 6.33 Å². The minimum absolute atomic E-state index is 0.0478. The summed E-state index contributed by atoms with van der Waals surface area (Å²) in [6.45, 7) is 9.39. The van der Waals surface area contributed by atoms with Gasteiger partial charge in [-0.3, -0.25) is 4.90 Å². The standard InChI is InChI=1S/C19H28N6O2/c1-3-24-15-20-22-18(24)16(2)21-19(26)25-11-9-23(10-12-25)13-14-27-17-7-5-4-6-8-17/h4-8,15-16H,3,9-14H2,1-2H3,(H,21,26)/t16-/m1/s1. The van der Waals surface area contributed by atoms with Gasteiger partial charge in [-0.25, -0.2) is 4.79 Å². The van der Waals surface area contributed by atoms with Gasteiger partial charge in [0.05, 0.1) is 6.04 Å². The van der Waals surface area contributed by atoms with E-state index in [2.05, 4.69) is 20.4 Å². The lowest BCUT2D eigenvalue weighted by Crippen LogP contribution is -2.52. The van der Waals surface area contributed by atoms with Crippen molar-refractivity contribution >= 4 is 6.03 Å². The summed E-state index contributed by atoms with van der Waals surface area (Å²) in [5.41, 5.74) is 0. The fourth-order valence-corrected chi connectivity index (χ4v) is 3.17. The Labute approximate surface area is 160 Å². The Morgan fingerprint density at radius 1 is 1.22 bits per heavy atom. The molecule has 1 saturated heterocycles. The molecule has 146 valence electrons. The van der Waals surface area contributed by atoms with Crippen molar-refractivity contribution in [3.05, 3.63) is 42.5 Å². The van der Waals surface area contributed by atoms with Gasteiger partial charge in [-0.15, -0.1) is 10.2 Å². The molecule has 0 radical (unpaired) electrons. The maximum atomic E-state index is 12.5. The van der Waals surface area contributed by atoms with E-state index in [1.165, 1.54) is 0 Å². The summed E-state index contributed by atoms with van der Waals surface area (Å²) < 4.78 is 7.69. The molecule has 1 aromatic heterocycles. The summed E-state index contributed by atoms with van der Waals surface area (Å²) in [5, 5.41) is 11.1. The molecular weight excluding hydrogens is 344 g/mol. The second kappa shape index (κ2) is 9.36. The van der Waals surface area contributed by atoms with Gasteiger partial charge in [-0.05, 0) is 26.0 Å². The maximum absolute atomic E-state index is 12.5. The molecule has 1 aromatic carbocycles. The Hall–Kier alpha value is -2.61. The Morgan fingerprint density at radius 3 is 2.67 bits per heavy atom. The Balaban J connectivity index is 1.38. The zero-order valence-corrected chi connectivity index (χ0v) is 16.0. The number of ether oxygens (including phenoxy) is 1. The van der Waals surface area contributed by atoms with Crippen molar-refractivity contribution in [2.75, 3.05) is 39.3 Å². The Kier molecular flexibility index (Phi) is 6.64. The van der Waals surface area contributed by atoms with Crippen molar-refractivity contribution in [1.29, 1.82) is 0 Å². The van der Waals surface area contributed by atoms with Crippen LogP contribution in [0.2, 0.25) is 0 Å². The van der Waals surface area contributed by atoms with Crippen LogP contribution < -0.4 is 10.1 Å². The van der Waals surface area contributed by atoms with E-state index < -0.39 is 0 Å². The third-order valence-corrected chi connectivity index (χ3v) is 4.79. The van der Waals surface area contributed by atoms with Crippen LogP contribution in [0.15, 0.2) is 36.7 Å². The minimum Gasteiger partial charge on any atom is -0.492 e. The number of hydrogen-bond donors (Lipinski definition) is 1. The highest BCUT2D eigenvalue weighted by Gasteiger charge is 2.23. The first-order chi connectivity index (χ1) is 13.2. The molecule has 2 heterocycles. The van der Waals surface area contributed by atoms with E-state index >= 15 is 0 Å². The summed E-state index contributed by atoms with van der Waals surface area (Å²) >= 11 is 0. The van der Waals surface area contributed by atoms with Crippen LogP contribution >= 0.6 is 0 Å². The third kappa shape index (κ3) is 5.19. The van der Waals surface area contributed by atoms with Gasteiger partial charge in [-0.1, -0.05) is 18.2 Å². The van der Waals surface area contributed by atoms with Gasteiger partial charge in [-0.2, -0.15) is 0 Å². The quantitative estimate of drug-likeness (QED) is 0.802. The number of carbonyl (C=O) groups is 1. The summed E-state index contributed by atoms with van der Waals surface area (Å²) in [4.78, 5) is 16.7. The number of para-hydroxylation sites is 1. The predicted octanol–water partition coefficient (Wildman–Crippen LogP) is 1.77. The number of rotatable bonds is 7. The number of aryl methyl sites for hydroxylation is 1.